The van der Waals surface area contributed by atoms with Gasteiger partial charge in [0, 0.05) is 23.8 Å². The van der Waals surface area contributed by atoms with Crippen LogP contribution in [0.25, 0.3) is 0 Å². The minimum Gasteiger partial charge on any atom is -0.494 e. The van der Waals surface area contributed by atoms with Crippen molar-refractivity contribution in [3.05, 3.63) is 54.1 Å². The van der Waals surface area contributed by atoms with E-state index in [9.17, 15) is 9.90 Å². The van der Waals surface area contributed by atoms with Gasteiger partial charge >= 0.3 is 0 Å². The number of hydrogen-bond acceptors (Lipinski definition) is 5. The number of carbonyl (C=O) groups excluding carboxylic acids is 1. The molecule has 0 aliphatic carbocycles. The number of rotatable bonds is 16. The van der Waals surface area contributed by atoms with Crippen LogP contribution in [0.1, 0.15) is 69.7 Å². The maximum atomic E-state index is 12.5. The van der Waals surface area contributed by atoms with Crippen LogP contribution in [0.3, 0.4) is 0 Å². The van der Waals surface area contributed by atoms with Gasteiger partial charge in [0.1, 0.15) is 24.2 Å². The van der Waals surface area contributed by atoms with Gasteiger partial charge in [0.15, 0.2) is 0 Å². The van der Waals surface area contributed by atoms with Crippen LogP contribution in [0, 0.1) is 0 Å². The minimum absolute atomic E-state index is 0.179. The third-order valence-electron chi connectivity index (χ3n) is 5.20. The number of carbonyl (C=O) groups is 1. The second-order valence-corrected chi connectivity index (χ2v) is 8.65. The van der Waals surface area contributed by atoms with E-state index >= 15 is 0 Å². The van der Waals surface area contributed by atoms with Gasteiger partial charge in [-0.2, -0.15) is 0 Å². The summed E-state index contributed by atoms with van der Waals surface area (Å²) < 4.78 is 11.4. The molecule has 182 valence electrons. The zero-order valence-electron chi connectivity index (χ0n) is 20.3. The van der Waals surface area contributed by atoms with Crippen LogP contribution in [0.2, 0.25) is 0 Å². The van der Waals surface area contributed by atoms with Gasteiger partial charge in [-0.3, -0.25) is 4.79 Å². The lowest BCUT2D eigenvalue weighted by Crippen LogP contribution is -2.35. The normalized spacial score (nSPS) is 11.9. The molecule has 1 amide bonds. The van der Waals surface area contributed by atoms with Gasteiger partial charge in [0.2, 0.25) is 0 Å². The van der Waals surface area contributed by atoms with Gasteiger partial charge in [0.05, 0.1) is 6.61 Å². The summed E-state index contributed by atoms with van der Waals surface area (Å²) >= 11 is 0. The fourth-order valence-corrected chi connectivity index (χ4v) is 3.24. The molecule has 0 spiro atoms. The zero-order valence-corrected chi connectivity index (χ0v) is 20.3. The molecule has 33 heavy (non-hydrogen) atoms. The first-order chi connectivity index (χ1) is 16.0. The van der Waals surface area contributed by atoms with Gasteiger partial charge < -0.3 is 25.2 Å². The number of benzene rings is 2. The number of nitrogens with one attached hydrogen (secondary N) is 2. The van der Waals surface area contributed by atoms with Crippen molar-refractivity contribution < 1.29 is 19.4 Å². The SMILES string of the molecule is CCCCCCCCOc1ccc(C(=O)Nc2ccc(OCC(O)CNC(C)C)cc2)cc1. The van der Waals surface area contributed by atoms with Crippen LogP contribution in [-0.2, 0) is 0 Å². The van der Waals surface area contributed by atoms with E-state index < -0.39 is 6.10 Å². The van der Waals surface area contributed by atoms with Crippen molar-refractivity contribution in [3.63, 3.8) is 0 Å². The molecule has 2 aromatic rings. The average Bonchev–Trinajstić information content (AvgIpc) is 2.82. The number of aliphatic hydroxyl groups is 1. The Kier molecular flexibility index (Phi) is 12.4. The Morgan fingerprint density at radius 1 is 0.879 bits per heavy atom. The Morgan fingerprint density at radius 3 is 2.15 bits per heavy atom. The highest BCUT2D eigenvalue weighted by Crippen LogP contribution is 2.18. The van der Waals surface area contributed by atoms with Gasteiger partial charge in [0.25, 0.3) is 5.91 Å². The zero-order chi connectivity index (χ0) is 23.9. The number of ether oxygens (including phenoxy) is 2. The van der Waals surface area contributed by atoms with Crippen LogP contribution < -0.4 is 20.1 Å². The van der Waals surface area contributed by atoms with E-state index in [1.807, 2.05) is 26.0 Å². The summed E-state index contributed by atoms with van der Waals surface area (Å²) in [6.07, 6.45) is 6.81. The van der Waals surface area contributed by atoms with Gasteiger partial charge in [-0.1, -0.05) is 52.9 Å². The van der Waals surface area contributed by atoms with Crippen molar-refractivity contribution in [1.82, 2.24) is 5.32 Å². The average molecular weight is 457 g/mol. The topological polar surface area (TPSA) is 79.8 Å². The number of unbranched alkanes of at least 4 members (excludes halogenated alkanes) is 5. The molecule has 3 N–H and O–H groups in total. The van der Waals surface area contributed by atoms with Crippen molar-refractivity contribution in [2.24, 2.45) is 0 Å². The Morgan fingerprint density at radius 2 is 1.48 bits per heavy atom. The molecule has 0 fully saturated rings. The molecule has 2 aromatic carbocycles. The van der Waals surface area contributed by atoms with Crippen LogP contribution in [0.5, 0.6) is 11.5 Å². The molecule has 6 nitrogen and oxygen atoms in total. The van der Waals surface area contributed by atoms with Crippen LogP contribution in [0.15, 0.2) is 48.5 Å². The highest BCUT2D eigenvalue weighted by Gasteiger charge is 2.08. The highest BCUT2D eigenvalue weighted by molar-refractivity contribution is 6.04. The smallest absolute Gasteiger partial charge is 0.255 e. The predicted octanol–water partition coefficient (Wildman–Crippen LogP) is 5.42. The summed E-state index contributed by atoms with van der Waals surface area (Å²) in [6.45, 7) is 7.67. The fraction of sp³-hybridized carbons (Fsp3) is 0.519. The second kappa shape index (κ2) is 15.3. The Hall–Kier alpha value is -2.57. The molecule has 0 saturated heterocycles. The lowest BCUT2D eigenvalue weighted by molar-refractivity contribution is 0.102. The Balaban J connectivity index is 1.71. The summed E-state index contributed by atoms with van der Waals surface area (Å²) in [5.74, 6) is 1.25. The molecule has 0 saturated carbocycles. The summed E-state index contributed by atoms with van der Waals surface area (Å²) in [5, 5.41) is 16.0. The molecule has 0 aliphatic rings. The lowest BCUT2D eigenvalue weighted by atomic mass is 10.1. The molecule has 0 radical (unpaired) electrons. The van der Waals surface area contributed by atoms with Crippen molar-refractivity contribution in [2.45, 2.75) is 71.4 Å². The molecule has 0 aromatic heterocycles. The molecule has 1 unspecified atom stereocenters. The summed E-state index contributed by atoms with van der Waals surface area (Å²) in [6, 6.07) is 14.6. The molecular formula is C27H40N2O4. The van der Waals surface area contributed by atoms with Gasteiger partial charge in [-0.15, -0.1) is 0 Å². The van der Waals surface area contributed by atoms with Crippen LogP contribution >= 0.6 is 0 Å². The Bertz CT molecular complexity index is 791. The highest BCUT2D eigenvalue weighted by atomic mass is 16.5. The third kappa shape index (κ3) is 11.2. The van der Waals surface area contributed by atoms with Crippen molar-refractivity contribution in [2.75, 3.05) is 25.1 Å². The van der Waals surface area contributed by atoms with E-state index in [2.05, 4.69) is 17.6 Å². The molecule has 0 bridgehead atoms. The second-order valence-electron chi connectivity index (χ2n) is 8.65. The maximum absolute atomic E-state index is 12.5. The van der Waals surface area contributed by atoms with Gasteiger partial charge in [-0.25, -0.2) is 0 Å². The standard InChI is InChI=1S/C27H40N2O4/c1-4-5-6-7-8-9-18-32-25-14-10-22(11-15-25)27(31)29-23-12-16-26(17-13-23)33-20-24(30)19-28-21(2)3/h10-17,21,24,28,30H,4-9,18-20H2,1-3H3,(H,29,31). The van der Waals surface area contributed by atoms with E-state index in [0.29, 0.717) is 36.2 Å². The van der Waals surface area contributed by atoms with Crippen molar-refractivity contribution >= 4 is 11.6 Å². The maximum Gasteiger partial charge on any atom is 0.255 e. The Labute approximate surface area is 198 Å². The van der Waals surface area contributed by atoms with E-state index in [1.54, 1.807) is 36.4 Å². The minimum atomic E-state index is -0.579. The van der Waals surface area contributed by atoms with Crippen LogP contribution in [0.4, 0.5) is 5.69 Å². The number of amides is 1. The fourth-order valence-electron chi connectivity index (χ4n) is 3.24. The molecule has 1 atom stereocenters. The molecule has 6 heteroatoms. The predicted molar refractivity (Wildman–Crippen MR) is 134 cm³/mol. The first kappa shape index (κ1) is 26.7. The van der Waals surface area contributed by atoms with E-state index in [4.69, 9.17) is 9.47 Å². The number of anilines is 1. The summed E-state index contributed by atoms with van der Waals surface area (Å²) in [5.41, 5.74) is 1.25. The molecule has 2 rings (SSSR count). The quantitative estimate of drug-likeness (QED) is 0.294. The number of hydrogen-bond donors (Lipinski definition) is 3. The summed E-state index contributed by atoms with van der Waals surface area (Å²) in [7, 11) is 0. The molecule has 0 heterocycles. The van der Waals surface area contributed by atoms with E-state index in [1.165, 1.54) is 32.1 Å². The monoisotopic (exact) mass is 456 g/mol. The van der Waals surface area contributed by atoms with E-state index in [-0.39, 0.29) is 12.5 Å². The summed E-state index contributed by atoms with van der Waals surface area (Å²) in [4.78, 5) is 12.5. The third-order valence-corrected chi connectivity index (χ3v) is 5.20. The van der Waals surface area contributed by atoms with Crippen molar-refractivity contribution in [1.29, 1.82) is 0 Å². The molecule has 0 aliphatic heterocycles. The largest absolute Gasteiger partial charge is 0.494 e. The lowest BCUT2D eigenvalue weighted by Gasteiger charge is -2.15. The van der Waals surface area contributed by atoms with Gasteiger partial charge in [-0.05, 0) is 55.0 Å². The van der Waals surface area contributed by atoms with Crippen molar-refractivity contribution in [3.8, 4) is 11.5 Å². The van der Waals surface area contributed by atoms with E-state index in [0.717, 1.165) is 12.2 Å². The number of aliphatic hydroxyl groups excluding tert-OH is 1. The van der Waals surface area contributed by atoms with Crippen LogP contribution in [-0.4, -0.2) is 42.9 Å². The molecular weight excluding hydrogens is 416 g/mol. The first-order valence-electron chi connectivity index (χ1n) is 12.2. The first-order valence-corrected chi connectivity index (χ1v) is 12.2.